The van der Waals surface area contributed by atoms with Gasteiger partial charge in [0.1, 0.15) is 24.0 Å². The summed E-state index contributed by atoms with van der Waals surface area (Å²) in [4.78, 5) is 0. The third-order valence-electron chi connectivity index (χ3n) is 3.04. The van der Waals surface area contributed by atoms with E-state index in [2.05, 4.69) is 28.5 Å². The smallest absolute Gasteiger partial charge is 0.146 e. The molecule has 1 aromatic carbocycles. The molecular weight excluding hydrogens is 254 g/mol. The molecule has 1 aromatic heterocycles. The first-order valence-corrected chi connectivity index (χ1v) is 6.43. The number of aryl methyl sites for hydroxylation is 1. The molecule has 0 aliphatic carbocycles. The van der Waals surface area contributed by atoms with Crippen molar-refractivity contribution in [2.24, 2.45) is 0 Å². The SMILES string of the molecule is CCn1cnnc1CNCc1ccc(C#N)c(OC)c1. The second kappa shape index (κ2) is 6.68. The Balaban J connectivity index is 1.96. The van der Waals surface area contributed by atoms with Gasteiger partial charge in [0, 0.05) is 13.1 Å². The van der Waals surface area contributed by atoms with Gasteiger partial charge in [-0.25, -0.2) is 0 Å². The van der Waals surface area contributed by atoms with Crippen molar-refractivity contribution < 1.29 is 4.74 Å². The van der Waals surface area contributed by atoms with Gasteiger partial charge in [-0.2, -0.15) is 5.26 Å². The Bertz CT molecular complexity index is 614. The highest BCUT2D eigenvalue weighted by Gasteiger charge is 2.05. The number of methoxy groups -OCH3 is 1. The molecule has 0 atom stereocenters. The molecule has 0 saturated heterocycles. The Kier molecular flexibility index (Phi) is 4.69. The molecule has 0 radical (unpaired) electrons. The largest absolute Gasteiger partial charge is 0.495 e. The second-order valence-corrected chi connectivity index (χ2v) is 4.28. The fourth-order valence-electron chi connectivity index (χ4n) is 1.94. The zero-order valence-electron chi connectivity index (χ0n) is 11.6. The van der Waals surface area contributed by atoms with Crippen LogP contribution in [0.5, 0.6) is 5.75 Å². The summed E-state index contributed by atoms with van der Waals surface area (Å²) < 4.78 is 7.18. The molecule has 104 valence electrons. The molecule has 0 spiro atoms. The molecule has 0 aliphatic rings. The summed E-state index contributed by atoms with van der Waals surface area (Å²) in [6.07, 6.45) is 1.72. The number of hydrogen-bond donors (Lipinski definition) is 1. The summed E-state index contributed by atoms with van der Waals surface area (Å²) in [6.45, 7) is 4.24. The quantitative estimate of drug-likeness (QED) is 0.861. The van der Waals surface area contributed by atoms with Gasteiger partial charge in [-0.15, -0.1) is 10.2 Å². The minimum atomic E-state index is 0.543. The van der Waals surface area contributed by atoms with E-state index in [1.54, 1.807) is 19.5 Å². The van der Waals surface area contributed by atoms with Crippen LogP contribution in [-0.2, 0) is 19.6 Å². The molecule has 2 rings (SSSR count). The van der Waals surface area contributed by atoms with Gasteiger partial charge in [0.15, 0.2) is 0 Å². The maximum Gasteiger partial charge on any atom is 0.146 e. The lowest BCUT2D eigenvalue weighted by atomic mass is 10.1. The Morgan fingerprint density at radius 1 is 1.40 bits per heavy atom. The van der Waals surface area contributed by atoms with E-state index >= 15 is 0 Å². The fraction of sp³-hybridized carbons (Fsp3) is 0.357. The summed E-state index contributed by atoms with van der Waals surface area (Å²) in [5.41, 5.74) is 1.60. The van der Waals surface area contributed by atoms with Crippen LogP contribution in [0.3, 0.4) is 0 Å². The van der Waals surface area contributed by atoms with Crippen LogP contribution in [-0.4, -0.2) is 21.9 Å². The third kappa shape index (κ3) is 3.13. The molecule has 0 aliphatic heterocycles. The first kappa shape index (κ1) is 14.0. The van der Waals surface area contributed by atoms with Crippen molar-refractivity contribution in [3.8, 4) is 11.8 Å². The lowest BCUT2D eigenvalue weighted by molar-refractivity contribution is 0.412. The van der Waals surface area contributed by atoms with Crippen LogP contribution >= 0.6 is 0 Å². The molecule has 6 heteroatoms. The van der Waals surface area contributed by atoms with Crippen molar-refractivity contribution in [1.29, 1.82) is 5.26 Å². The first-order chi connectivity index (χ1) is 9.78. The topological polar surface area (TPSA) is 75.8 Å². The van der Waals surface area contributed by atoms with Crippen molar-refractivity contribution in [3.63, 3.8) is 0 Å². The predicted molar refractivity (Wildman–Crippen MR) is 73.9 cm³/mol. The highest BCUT2D eigenvalue weighted by molar-refractivity contribution is 5.45. The van der Waals surface area contributed by atoms with E-state index in [0.29, 0.717) is 24.4 Å². The van der Waals surface area contributed by atoms with Gasteiger partial charge >= 0.3 is 0 Å². The van der Waals surface area contributed by atoms with Gasteiger partial charge in [-0.05, 0) is 24.6 Å². The molecule has 0 fully saturated rings. The van der Waals surface area contributed by atoms with Crippen molar-refractivity contribution >= 4 is 0 Å². The second-order valence-electron chi connectivity index (χ2n) is 4.28. The molecule has 2 aromatic rings. The van der Waals surface area contributed by atoms with E-state index in [1.807, 2.05) is 16.7 Å². The number of rotatable bonds is 6. The van der Waals surface area contributed by atoms with Crippen LogP contribution < -0.4 is 10.1 Å². The molecule has 0 unspecified atom stereocenters. The lowest BCUT2D eigenvalue weighted by Crippen LogP contribution is -2.16. The third-order valence-corrected chi connectivity index (χ3v) is 3.04. The number of benzene rings is 1. The van der Waals surface area contributed by atoms with E-state index < -0.39 is 0 Å². The van der Waals surface area contributed by atoms with E-state index in [4.69, 9.17) is 10.00 Å². The Labute approximate surface area is 118 Å². The van der Waals surface area contributed by atoms with Crippen molar-refractivity contribution in [1.82, 2.24) is 20.1 Å². The van der Waals surface area contributed by atoms with Crippen LogP contribution in [0.15, 0.2) is 24.5 Å². The molecule has 6 nitrogen and oxygen atoms in total. The van der Waals surface area contributed by atoms with Crippen molar-refractivity contribution in [3.05, 3.63) is 41.5 Å². The monoisotopic (exact) mass is 271 g/mol. The van der Waals surface area contributed by atoms with Crippen LogP contribution in [0.2, 0.25) is 0 Å². The number of nitrogens with zero attached hydrogens (tertiary/aromatic N) is 4. The van der Waals surface area contributed by atoms with Crippen LogP contribution in [0.25, 0.3) is 0 Å². The van der Waals surface area contributed by atoms with Gasteiger partial charge in [0.2, 0.25) is 0 Å². The molecular formula is C14H17N5O. The van der Waals surface area contributed by atoms with Crippen molar-refractivity contribution in [2.45, 2.75) is 26.6 Å². The van der Waals surface area contributed by atoms with Crippen LogP contribution in [0.4, 0.5) is 0 Å². The Hall–Kier alpha value is -2.39. The summed E-state index contributed by atoms with van der Waals surface area (Å²) in [5.74, 6) is 1.51. The van der Waals surface area contributed by atoms with E-state index in [-0.39, 0.29) is 0 Å². The number of nitrogens with one attached hydrogen (secondary N) is 1. The predicted octanol–water partition coefficient (Wildman–Crippen LogP) is 1.47. The molecule has 0 bridgehead atoms. The van der Waals surface area contributed by atoms with Gasteiger partial charge in [0.25, 0.3) is 0 Å². The molecule has 0 saturated carbocycles. The zero-order chi connectivity index (χ0) is 14.4. The van der Waals surface area contributed by atoms with Gasteiger partial charge < -0.3 is 14.6 Å². The maximum atomic E-state index is 8.94. The summed E-state index contributed by atoms with van der Waals surface area (Å²) in [7, 11) is 1.57. The van der Waals surface area contributed by atoms with Gasteiger partial charge in [-0.1, -0.05) is 6.07 Å². The summed E-state index contributed by atoms with van der Waals surface area (Å²) in [5, 5.41) is 20.2. The minimum absolute atomic E-state index is 0.543. The molecule has 20 heavy (non-hydrogen) atoms. The molecule has 0 amide bonds. The Morgan fingerprint density at radius 3 is 2.95 bits per heavy atom. The number of nitriles is 1. The first-order valence-electron chi connectivity index (χ1n) is 6.43. The summed E-state index contributed by atoms with van der Waals surface area (Å²) >= 11 is 0. The lowest BCUT2D eigenvalue weighted by Gasteiger charge is -2.08. The number of aromatic nitrogens is 3. The van der Waals surface area contributed by atoms with Crippen LogP contribution in [0, 0.1) is 11.3 Å². The zero-order valence-corrected chi connectivity index (χ0v) is 11.6. The fourth-order valence-corrected chi connectivity index (χ4v) is 1.94. The average molecular weight is 271 g/mol. The number of ether oxygens (including phenoxy) is 1. The van der Waals surface area contributed by atoms with E-state index in [0.717, 1.165) is 17.9 Å². The minimum Gasteiger partial charge on any atom is -0.495 e. The maximum absolute atomic E-state index is 8.94. The highest BCUT2D eigenvalue weighted by Crippen LogP contribution is 2.19. The van der Waals surface area contributed by atoms with E-state index in [1.165, 1.54) is 0 Å². The van der Waals surface area contributed by atoms with Gasteiger partial charge in [-0.3, -0.25) is 0 Å². The number of hydrogen-bond acceptors (Lipinski definition) is 5. The highest BCUT2D eigenvalue weighted by atomic mass is 16.5. The van der Waals surface area contributed by atoms with Gasteiger partial charge in [0.05, 0.1) is 19.2 Å². The van der Waals surface area contributed by atoms with E-state index in [9.17, 15) is 0 Å². The normalized spacial score (nSPS) is 10.2. The van der Waals surface area contributed by atoms with Crippen LogP contribution in [0.1, 0.15) is 23.9 Å². The van der Waals surface area contributed by atoms with Crippen molar-refractivity contribution in [2.75, 3.05) is 7.11 Å². The Morgan fingerprint density at radius 2 is 2.25 bits per heavy atom. The molecule has 1 heterocycles. The standard InChI is InChI=1S/C14H17N5O/c1-3-19-10-17-18-14(19)9-16-8-11-4-5-12(7-15)13(6-11)20-2/h4-6,10,16H,3,8-9H2,1-2H3. The average Bonchev–Trinajstić information content (AvgIpc) is 2.94. The molecule has 1 N–H and O–H groups in total. The summed E-state index contributed by atoms with van der Waals surface area (Å²) in [6, 6.07) is 7.65.